The molecule has 4 rings (SSSR count). The molecule has 1 aromatic heterocycles. The molecule has 3 heteroatoms. The van der Waals surface area contributed by atoms with E-state index in [4.69, 9.17) is 6.11 Å². The Labute approximate surface area is 90.6 Å². The third kappa shape index (κ3) is 0.938. The van der Waals surface area contributed by atoms with Gasteiger partial charge in [0.25, 0.3) is 0 Å². The van der Waals surface area contributed by atoms with Gasteiger partial charge in [-0.05, 0) is 48.8 Å². The molecule has 0 saturated heterocycles. The van der Waals surface area contributed by atoms with Gasteiger partial charge in [-0.25, -0.2) is 5.10 Å². The van der Waals surface area contributed by atoms with Crippen LogP contribution in [0.25, 0.3) is 0 Å². The summed E-state index contributed by atoms with van der Waals surface area (Å²) in [6.07, 6.45) is 7.74. The molecule has 0 amide bonds. The van der Waals surface area contributed by atoms with E-state index in [1.807, 2.05) is 6.07 Å². The molecule has 1 N–H and O–H groups in total. The van der Waals surface area contributed by atoms with E-state index in [-0.39, 0.29) is 5.89 Å². The first-order chi connectivity index (χ1) is 7.74. The maximum atomic E-state index is 8.60. The SMILES string of the molecule is [2H]C1(CCOc2ccn[nH]2)C2(CC2)C12CC2. The van der Waals surface area contributed by atoms with Crippen molar-refractivity contribution in [3.63, 3.8) is 0 Å². The van der Waals surface area contributed by atoms with Crippen LogP contribution in [0.4, 0.5) is 0 Å². The molecule has 0 atom stereocenters. The third-order valence-corrected chi connectivity index (χ3v) is 4.59. The molecule has 3 saturated carbocycles. The molecule has 0 radical (unpaired) electrons. The number of aromatic nitrogens is 2. The summed E-state index contributed by atoms with van der Waals surface area (Å²) in [5.41, 5.74) is 0.856. The average Bonchev–Trinajstić information content (AvgIpc) is 3.19. The second-order valence-electron chi connectivity index (χ2n) is 5.16. The fourth-order valence-corrected chi connectivity index (χ4v) is 3.60. The predicted molar refractivity (Wildman–Crippen MR) is 55.5 cm³/mol. The quantitative estimate of drug-likeness (QED) is 0.819. The van der Waals surface area contributed by atoms with Gasteiger partial charge in [-0.3, -0.25) is 0 Å². The summed E-state index contributed by atoms with van der Waals surface area (Å²) >= 11 is 0. The number of aromatic amines is 1. The minimum Gasteiger partial charge on any atom is -0.478 e. The number of hydrogen-bond donors (Lipinski definition) is 1. The van der Waals surface area contributed by atoms with Crippen LogP contribution in [0, 0.1) is 16.7 Å². The first kappa shape index (κ1) is 7.31. The minimum absolute atomic E-state index is 0.153. The van der Waals surface area contributed by atoms with Crippen LogP contribution < -0.4 is 4.74 Å². The summed E-state index contributed by atoms with van der Waals surface area (Å²) < 4.78 is 14.2. The van der Waals surface area contributed by atoms with Gasteiger partial charge >= 0.3 is 0 Å². The highest BCUT2D eigenvalue weighted by molar-refractivity contribution is 5.34. The Bertz CT molecular complexity index is 402. The standard InChI is InChI=1S/C12H16N2O/c1-7-13-14-10(1)15-8-2-9-11(3-4-11)12(9)5-6-12/h1,7,9H,2-6,8H2,(H,13,14)/i9D. The largest absolute Gasteiger partial charge is 0.478 e. The van der Waals surface area contributed by atoms with Gasteiger partial charge in [-0.2, -0.15) is 5.10 Å². The second-order valence-corrected chi connectivity index (χ2v) is 5.16. The topological polar surface area (TPSA) is 37.9 Å². The Morgan fingerprint density at radius 3 is 2.73 bits per heavy atom. The lowest BCUT2D eigenvalue weighted by Crippen LogP contribution is -2.00. The summed E-state index contributed by atoms with van der Waals surface area (Å²) in [4.78, 5) is 0. The first-order valence-electron chi connectivity index (χ1n) is 6.36. The Morgan fingerprint density at radius 1 is 1.47 bits per heavy atom. The van der Waals surface area contributed by atoms with E-state index in [0.29, 0.717) is 17.4 Å². The summed E-state index contributed by atoms with van der Waals surface area (Å²) in [6, 6.07) is 1.82. The van der Waals surface area contributed by atoms with Gasteiger partial charge in [-0.15, -0.1) is 0 Å². The van der Waals surface area contributed by atoms with Crippen molar-refractivity contribution in [1.82, 2.24) is 10.2 Å². The third-order valence-electron chi connectivity index (χ3n) is 4.59. The Balaban J connectivity index is 1.39. The van der Waals surface area contributed by atoms with E-state index >= 15 is 0 Å². The highest BCUT2D eigenvalue weighted by Gasteiger charge is 2.85. The van der Waals surface area contributed by atoms with Crippen molar-refractivity contribution < 1.29 is 6.11 Å². The van der Waals surface area contributed by atoms with Crippen molar-refractivity contribution in [2.75, 3.05) is 6.61 Å². The van der Waals surface area contributed by atoms with Crippen molar-refractivity contribution in [3.8, 4) is 5.88 Å². The smallest absolute Gasteiger partial charge is 0.208 e. The molecule has 3 aliphatic rings. The number of H-pyrrole nitrogens is 1. The van der Waals surface area contributed by atoms with E-state index < -0.39 is 0 Å². The van der Waals surface area contributed by atoms with E-state index in [1.165, 1.54) is 25.7 Å². The van der Waals surface area contributed by atoms with Crippen LogP contribution >= 0.6 is 0 Å². The van der Waals surface area contributed by atoms with Crippen molar-refractivity contribution in [2.45, 2.75) is 32.1 Å². The number of hydrogen-bond acceptors (Lipinski definition) is 2. The lowest BCUT2D eigenvalue weighted by atomic mass is 10.2. The zero-order valence-corrected chi connectivity index (χ0v) is 8.75. The van der Waals surface area contributed by atoms with Crippen molar-refractivity contribution in [2.24, 2.45) is 16.7 Å². The van der Waals surface area contributed by atoms with Crippen molar-refractivity contribution in [3.05, 3.63) is 12.3 Å². The van der Waals surface area contributed by atoms with Crippen LogP contribution in [-0.2, 0) is 0 Å². The van der Waals surface area contributed by atoms with Crippen LogP contribution in [0.3, 0.4) is 0 Å². The van der Waals surface area contributed by atoms with Gasteiger partial charge in [0.05, 0.1) is 12.8 Å². The fraction of sp³-hybridized carbons (Fsp3) is 0.750. The van der Waals surface area contributed by atoms with Gasteiger partial charge in [0.15, 0.2) is 0 Å². The zero-order chi connectivity index (χ0) is 10.9. The maximum Gasteiger partial charge on any atom is 0.208 e. The van der Waals surface area contributed by atoms with Gasteiger partial charge in [0.2, 0.25) is 5.88 Å². The predicted octanol–water partition coefficient (Wildman–Crippen LogP) is 2.37. The molecule has 1 heterocycles. The molecule has 2 spiro atoms. The fourth-order valence-electron chi connectivity index (χ4n) is 3.60. The lowest BCUT2D eigenvalue weighted by Gasteiger charge is -2.01. The maximum absolute atomic E-state index is 8.60. The van der Waals surface area contributed by atoms with Crippen LogP contribution in [0.1, 0.15) is 33.5 Å². The molecule has 1 aromatic rings. The normalized spacial score (nSPS) is 31.3. The Morgan fingerprint density at radius 2 is 2.20 bits per heavy atom. The monoisotopic (exact) mass is 205 g/mol. The van der Waals surface area contributed by atoms with Crippen LogP contribution in [0.5, 0.6) is 5.88 Å². The van der Waals surface area contributed by atoms with E-state index in [0.717, 1.165) is 12.3 Å². The molecule has 0 bridgehead atoms. The summed E-state index contributed by atoms with van der Waals surface area (Å²) in [5.74, 6) is 0.568. The molecular formula is C12H16N2O. The molecule has 3 aliphatic carbocycles. The van der Waals surface area contributed by atoms with Crippen LogP contribution in [-0.4, -0.2) is 16.8 Å². The number of ether oxygens (including phenoxy) is 1. The van der Waals surface area contributed by atoms with Gasteiger partial charge in [0.1, 0.15) is 0 Å². The van der Waals surface area contributed by atoms with Crippen molar-refractivity contribution in [1.29, 1.82) is 0 Å². The highest BCUT2D eigenvalue weighted by Crippen LogP contribution is 2.93. The lowest BCUT2D eigenvalue weighted by molar-refractivity contribution is 0.284. The number of fused-ring (bicyclic) bond motifs is 1. The minimum atomic E-state index is -0.153. The summed E-state index contributed by atoms with van der Waals surface area (Å²) in [7, 11) is 0. The number of nitrogens with one attached hydrogen (secondary N) is 1. The molecule has 3 fully saturated rings. The van der Waals surface area contributed by atoms with Crippen molar-refractivity contribution >= 4 is 0 Å². The molecule has 0 unspecified atom stereocenters. The average molecular weight is 205 g/mol. The molecule has 80 valence electrons. The summed E-state index contributed by atoms with van der Waals surface area (Å²) in [6.45, 7) is 0.648. The van der Waals surface area contributed by atoms with E-state index in [1.54, 1.807) is 6.20 Å². The zero-order valence-electron chi connectivity index (χ0n) is 9.75. The van der Waals surface area contributed by atoms with Gasteiger partial charge in [0, 0.05) is 7.44 Å². The molecular weight excluding hydrogens is 188 g/mol. The van der Waals surface area contributed by atoms with Crippen LogP contribution in [0.2, 0.25) is 0 Å². The molecule has 15 heavy (non-hydrogen) atoms. The van der Waals surface area contributed by atoms with E-state index in [9.17, 15) is 0 Å². The summed E-state index contributed by atoms with van der Waals surface area (Å²) in [5, 5.41) is 6.62. The highest BCUT2D eigenvalue weighted by atomic mass is 16.5. The molecule has 0 aliphatic heterocycles. The number of nitrogens with zero attached hydrogens (tertiary/aromatic N) is 1. The first-order valence-corrected chi connectivity index (χ1v) is 5.86. The van der Waals surface area contributed by atoms with Crippen LogP contribution in [0.15, 0.2) is 12.3 Å². The van der Waals surface area contributed by atoms with Gasteiger partial charge in [-0.1, -0.05) is 0 Å². The second kappa shape index (κ2) is 2.39. The number of rotatable bonds is 4. The van der Waals surface area contributed by atoms with E-state index in [2.05, 4.69) is 10.2 Å². The Kier molecular flexibility index (Phi) is 1.17. The molecule has 3 nitrogen and oxygen atoms in total. The Hall–Kier alpha value is -0.990. The molecule has 0 aromatic carbocycles. The van der Waals surface area contributed by atoms with Gasteiger partial charge < -0.3 is 4.74 Å².